The molecule has 1 aliphatic carbocycles. The molecule has 0 aromatic carbocycles. The van der Waals surface area contributed by atoms with Gasteiger partial charge in [0.25, 0.3) is 0 Å². The Hall–Kier alpha value is -0.570. The summed E-state index contributed by atoms with van der Waals surface area (Å²) in [5.74, 6) is 0.436. The third-order valence-corrected chi connectivity index (χ3v) is 3.63. The van der Waals surface area contributed by atoms with E-state index >= 15 is 0 Å². The topological polar surface area (TPSA) is 38.3 Å². The van der Waals surface area contributed by atoms with Gasteiger partial charge < -0.3 is 10.1 Å². The van der Waals surface area contributed by atoms with E-state index in [9.17, 15) is 4.79 Å². The maximum atomic E-state index is 11.7. The fourth-order valence-corrected chi connectivity index (χ4v) is 2.81. The van der Waals surface area contributed by atoms with E-state index in [2.05, 4.69) is 5.32 Å². The van der Waals surface area contributed by atoms with E-state index in [1.165, 1.54) is 19.3 Å². The lowest BCUT2D eigenvalue weighted by atomic mass is 9.74. The normalized spacial score (nSPS) is 27.8. The van der Waals surface area contributed by atoms with Crippen LogP contribution in [0.1, 0.15) is 52.9 Å². The summed E-state index contributed by atoms with van der Waals surface area (Å²) in [6.07, 6.45) is 5.65. The molecule has 1 saturated carbocycles. The molecule has 1 aliphatic heterocycles. The van der Waals surface area contributed by atoms with Gasteiger partial charge in [-0.3, -0.25) is 4.79 Å². The molecule has 1 atom stereocenters. The monoisotopic (exact) mass is 225 g/mol. The number of ether oxygens (including phenoxy) is 1. The Kier molecular flexibility index (Phi) is 2.99. The van der Waals surface area contributed by atoms with Crippen molar-refractivity contribution < 1.29 is 9.53 Å². The molecule has 92 valence electrons. The minimum atomic E-state index is -0.350. The Balaban J connectivity index is 1.76. The van der Waals surface area contributed by atoms with Crippen LogP contribution in [-0.4, -0.2) is 23.7 Å². The number of carbonyl (C=O) groups is 1. The van der Waals surface area contributed by atoms with Gasteiger partial charge >= 0.3 is 5.97 Å². The minimum Gasteiger partial charge on any atom is -0.460 e. The highest BCUT2D eigenvalue weighted by Crippen LogP contribution is 2.41. The van der Waals surface area contributed by atoms with E-state index in [4.69, 9.17) is 4.74 Å². The summed E-state index contributed by atoms with van der Waals surface area (Å²) in [4.78, 5) is 11.7. The molecule has 1 saturated heterocycles. The van der Waals surface area contributed by atoms with E-state index in [1.54, 1.807) is 0 Å². The zero-order chi connectivity index (χ0) is 11.8. The van der Waals surface area contributed by atoms with Crippen LogP contribution in [0, 0.1) is 5.92 Å². The van der Waals surface area contributed by atoms with Crippen LogP contribution in [0.2, 0.25) is 0 Å². The average molecular weight is 225 g/mol. The SMILES string of the molecule is CC(C)(C)OC(=O)CC1CNC2(CCC2)C1. The average Bonchev–Trinajstić information content (AvgIpc) is 2.43. The summed E-state index contributed by atoms with van der Waals surface area (Å²) >= 11 is 0. The van der Waals surface area contributed by atoms with Gasteiger partial charge in [0.15, 0.2) is 0 Å². The van der Waals surface area contributed by atoms with Crippen molar-refractivity contribution in [1.29, 1.82) is 0 Å². The summed E-state index contributed by atoms with van der Waals surface area (Å²) in [5, 5.41) is 3.58. The van der Waals surface area contributed by atoms with Crippen LogP contribution in [0.4, 0.5) is 0 Å². The highest BCUT2D eigenvalue weighted by atomic mass is 16.6. The largest absolute Gasteiger partial charge is 0.460 e. The van der Waals surface area contributed by atoms with Crippen molar-refractivity contribution in [3.8, 4) is 0 Å². The van der Waals surface area contributed by atoms with Crippen molar-refractivity contribution in [1.82, 2.24) is 5.32 Å². The molecular formula is C13H23NO2. The van der Waals surface area contributed by atoms with Gasteiger partial charge in [-0.15, -0.1) is 0 Å². The van der Waals surface area contributed by atoms with Gasteiger partial charge in [-0.1, -0.05) is 0 Å². The van der Waals surface area contributed by atoms with Gasteiger partial charge in [0.1, 0.15) is 5.60 Å². The van der Waals surface area contributed by atoms with Crippen LogP contribution in [0.25, 0.3) is 0 Å². The molecule has 1 N–H and O–H groups in total. The molecule has 2 rings (SSSR count). The van der Waals surface area contributed by atoms with Crippen molar-refractivity contribution in [2.45, 2.75) is 64.0 Å². The molecule has 0 aromatic rings. The van der Waals surface area contributed by atoms with Gasteiger partial charge in [-0.25, -0.2) is 0 Å². The van der Waals surface area contributed by atoms with Crippen LogP contribution in [0.5, 0.6) is 0 Å². The molecule has 16 heavy (non-hydrogen) atoms. The van der Waals surface area contributed by atoms with Crippen LogP contribution < -0.4 is 5.32 Å². The van der Waals surface area contributed by atoms with Gasteiger partial charge in [0, 0.05) is 12.0 Å². The molecule has 3 nitrogen and oxygen atoms in total. The number of esters is 1. The summed E-state index contributed by atoms with van der Waals surface area (Å²) in [5.41, 5.74) is 0.0456. The van der Waals surface area contributed by atoms with Crippen LogP contribution in [0.3, 0.4) is 0 Å². The Morgan fingerprint density at radius 3 is 2.56 bits per heavy atom. The molecule has 2 aliphatic rings. The second-order valence-corrected chi connectivity index (χ2v) is 6.38. The first-order valence-corrected chi connectivity index (χ1v) is 6.35. The first-order valence-electron chi connectivity index (χ1n) is 6.35. The van der Waals surface area contributed by atoms with E-state index in [-0.39, 0.29) is 11.6 Å². The molecular weight excluding hydrogens is 202 g/mol. The molecule has 1 heterocycles. The number of nitrogens with one attached hydrogen (secondary N) is 1. The molecule has 3 heteroatoms. The summed E-state index contributed by atoms with van der Waals surface area (Å²) in [6, 6.07) is 0. The van der Waals surface area contributed by atoms with E-state index in [0.29, 0.717) is 17.9 Å². The number of rotatable bonds is 2. The lowest BCUT2D eigenvalue weighted by Gasteiger charge is -2.38. The lowest BCUT2D eigenvalue weighted by molar-refractivity contribution is -0.155. The molecule has 0 radical (unpaired) electrons. The quantitative estimate of drug-likeness (QED) is 0.733. The van der Waals surface area contributed by atoms with Gasteiger partial charge in [0.05, 0.1) is 0 Å². The van der Waals surface area contributed by atoms with Crippen molar-refractivity contribution in [3.05, 3.63) is 0 Å². The van der Waals surface area contributed by atoms with Crippen molar-refractivity contribution >= 4 is 5.97 Å². The summed E-state index contributed by atoms with van der Waals surface area (Å²) in [6.45, 7) is 6.75. The van der Waals surface area contributed by atoms with Gasteiger partial charge in [-0.2, -0.15) is 0 Å². The molecule has 0 aromatic heterocycles. The van der Waals surface area contributed by atoms with E-state index in [1.807, 2.05) is 20.8 Å². The van der Waals surface area contributed by atoms with E-state index < -0.39 is 0 Å². The first-order chi connectivity index (χ1) is 7.39. The van der Waals surface area contributed by atoms with Crippen molar-refractivity contribution in [2.24, 2.45) is 5.92 Å². The van der Waals surface area contributed by atoms with Crippen molar-refractivity contribution in [2.75, 3.05) is 6.54 Å². The Morgan fingerprint density at radius 2 is 2.12 bits per heavy atom. The zero-order valence-electron chi connectivity index (χ0n) is 10.6. The smallest absolute Gasteiger partial charge is 0.306 e. The Morgan fingerprint density at radius 1 is 1.44 bits per heavy atom. The Bertz CT molecular complexity index is 276. The Labute approximate surface area is 97.9 Å². The maximum Gasteiger partial charge on any atom is 0.306 e. The number of carbonyl (C=O) groups excluding carboxylic acids is 1. The predicted molar refractivity (Wildman–Crippen MR) is 63.2 cm³/mol. The maximum absolute atomic E-state index is 11.7. The molecule has 0 amide bonds. The van der Waals surface area contributed by atoms with E-state index in [0.717, 1.165) is 13.0 Å². The third kappa shape index (κ3) is 2.76. The number of hydrogen-bond acceptors (Lipinski definition) is 3. The molecule has 1 spiro atoms. The predicted octanol–water partition coefficient (Wildman–Crippen LogP) is 2.25. The summed E-state index contributed by atoms with van der Waals surface area (Å²) in [7, 11) is 0. The highest BCUT2D eigenvalue weighted by Gasteiger charge is 2.43. The molecule has 2 fully saturated rings. The zero-order valence-corrected chi connectivity index (χ0v) is 10.6. The van der Waals surface area contributed by atoms with Crippen LogP contribution in [0.15, 0.2) is 0 Å². The fourth-order valence-electron chi connectivity index (χ4n) is 2.81. The number of hydrogen-bond donors (Lipinski definition) is 1. The second kappa shape index (κ2) is 4.02. The molecule has 1 unspecified atom stereocenters. The minimum absolute atomic E-state index is 0.0457. The lowest BCUT2D eigenvalue weighted by Crippen LogP contribution is -2.45. The third-order valence-electron chi connectivity index (χ3n) is 3.63. The van der Waals surface area contributed by atoms with Crippen LogP contribution >= 0.6 is 0 Å². The fraction of sp³-hybridized carbons (Fsp3) is 0.923. The highest BCUT2D eigenvalue weighted by molar-refractivity contribution is 5.70. The van der Waals surface area contributed by atoms with Gasteiger partial charge in [0.2, 0.25) is 0 Å². The van der Waals surface area contributed by atoms with Crippen LogP contribution in [-0.2, 0) is 9.53 Å². The van der Waals surface area contributed by atoms with Gasteiger partial charge in [-0.05, 0) is 58.9 Å². The standard InChI is InChI=1S/C13H23NO2/c1-12(2,3)16-11(15)7-10-8-13(14-9-10)5-4-6-13/h10,14H,4-9H2,1-3H3. The second-order valence-electron chi connectivity index (χ2n) is 6.38. The first kappa shape index (κ1) is 11.9. The molecule has 0 bridgehead atoms. The summed E-state index contributed by atoms with van der Waals surface area (Å²) < 4.78 is 5.35. The van der Waals surface area contributed by atoms with Crippen molar-refractivity contribution in [3.63, 3.8) is 0 Å².